The molecule has 1 aliphatic carbocycles. The molecule has 0 aliphatic heterocycles. The van der Waals surface area contributed by atoms with Crippen LogP contribution >= 0.6 is 0 Å². The number of phenolic OH excluding ortho intramolecular Hbond substituents is 1. The Kier molecular flexibility index (Phi) is 21.7. The Balaban J connectivity index is 1.72. The molecular weight excluding hydrogens is 660 g/mol. The topological polar surface area (TPSA) is 148 Å². The zero-order chi connectivity index (χ0) is 37.8. The molecule has 278 valence electrons. The molecule has 2 rings (SSSR count). The Morgan fingerprint density at radius 3 is 1.90 bits per heavy atom. The van der Waals surface area contributed by atoms with Gasteiger partial charge in [0.15, 0.2) is 5.78 Å². The van der Waals surface area contributed by atoms with E-state index in [0.29, 0.717) is 19.3 Å². The highest BCUT2D eigenvalue weighted by atomic mass is 16.6. The third-order valence-corrected chi connectivity index (χ3v) is 7.52. The van der Waals surface area contributed by atoms with Gasteiger partial charge in [0.1, 0.15) is 16.9 Å². The monoisotopic (exact) mass is 712 g/mol. The number of hydrogen-bond acceptors (Lipinski definition) is 10. The Morgan fingerprint density at radius 2 is 1.29 bits per heavy atom. The second-order valence-electron chi connectivity index (χ2n) is 11.9. The van der Waals surface area contributed by atoms with Crippen LogP contribution in [-0.2, 0) is 28.7 Å². The van der Waals surface area contributed by atoms with Crippen molar-refractivity contribution in [1.29, 1.82) is 0 Å². The highest BCUT2D eigenvalue weighted by molar-refractivity contribution is 6.30. The third kappa shape index (κ3) is 18.6. The molecule has 0 amide bonds. The molecule has 1 aliphatic rings. The van der Waals surface area contributed by atoms with Crippen molar-refractivity contribution in [2.45, 2.75) is 104 Å². The van der Waals surface area contributed by atoms with Crippen molar-refractivity contribution >= 4 is 41.1 Å². The number of carbonyl (C=O) groups is 5. The highest BCUT2D eigenvalue weighted by Crippen LogP contribution is 2.23. The van der Waals surface area contributed by atoms with Crippen molar-refractivity contribution in [3.05, 3.63) is 108 Å². The predicted octanol–water partition coefficient (Wildman–Crippen LogP) is 9.26. The van der Waals surface area contributed by atoms with Gasteiger partial charge in [-0.3, -0.25) is 19.8 Å². The molecule has 0 bridgehead atoms. The molecule has 0 saturated carbocycles. The first-order valence-electron chi connectivity index (χ1n) is 18.1. The summed E-state index contributed by atoms with van der Waals surface area (Å²) in [6.07, 6.45) is 35.4. The van der Waals surface area contributed by atoms with E-state index >= 15 is 0 Å². The highest BCUT2D eigenvalue weighted by Gasteiger charge is 2.24. The molecule has 0 fully saturated rings. The lowest BCUT2D eigenvalue weighted by atomic mass is 10.0. The summed E-state index contributed by atoms with van der Waals surface area (Å²) in [5, 5.41) is 14.5. The number of allylic oxidation sites excluding steroid dienone is 13. The summed E-state index contributed by atoms with van der Waals surface area (Å²) in [5.74, 6) is -4.49. The predicted molar refractivity (Wildman–Crippen MR) is 205 cm³/mol. The van der Waals surface area contributed by atoms with Gasteiger partial charge >= 0.3 is 23.9 Å². The van der Waals surface area contributed by atoms with Crippen LogP contribution in [0.15, 0.2) is 108 Å². The zero-order valence-corrected chi connectivity index (χ0v) is 30.4. The average Bonchev–Trinajstić information content (AvgIpc) is 3.12. The standard InChI is InChI=1S/C42H52N2O8/c1-3-5-7-9-10-11-12-13-14-15-16-17-18-19-20-22-24-26-39(47)51-41(49)35-29-27-34(32-38(35)46)44-43-33-28-30-37(45)36(31-33)42(50)52-40(48)25-23-21-8-6-4-2/h5,7,10-11,13-14,16-17,19-20,27-32,44,46H,3-4,6,8-9,12,15,18,21-26H2,1-2H3/b7-5-,11-10-,14-13-,17-16-,20-19-,43-33+. The van der Waals surface area contributed by atoms with Crippen molar-refractivity contribution in [1.82, 2.24) is 0 Å². The fourth-order valence-electron chi connectivity index (χ4n) is 4.67. The van der Waals surface area contributed by atoms with E-state index in [2.05, 4.69) is 73.0 Å². The number of anilines is 1. The Bertz CT molecular complexity index is 1590. The number of carbonyl (C=O) groups excluding carboxylic acids is 5. The van der Waals surface area contributed by atoms with Gasteiger partial charge in [0.2, 0.25) is 0 Å². The second-order valence-corrected chi connectivity index (χ2v) is 11.9. The van der Waals surface area contributed by atoms with E-state index < -0.39 is 35.4 Å². The van der Waals surface area contributed by atoms with E-state index in [1.54, 1.807) is 0 Å². The second kappa shape index (κ2) is 26.4. The molecule has 1 aromatic carbocycles. The summed E-state index contributed by atoms with van der Waals surface area (Å²) in [7, 11) is 0. The number of ketones is 1. The first-order valence-corrected chi connectivity index (χ1v) is 18.1. The maximum absolute atomic E-state index is 12.5. The molecule has 52 heavy (non-hydrogen) atoms. The van der Waals surface area contributed by atoms with Gasteiger partial charge in [-0.15, -0.1) is 0 Å². The molecule has 0 heterocycles. The van der Waals surface area contributed by atoms with Gasteiger partial charge in [-0.2, -0.15) is 5.10 Å². The number of hydrogen-bond donors (Lipinski definition) is 2. The molecular formula is C42H52N2O8. The average molecular weight is 713 g/mol. The van der Waals surface area contributed by atoms with Gasteiger partial charge < -0.3 is 14.6 Å². The lowest BCUT2D eigenvalue weighted by molar-refractivity contribution is -0.157. The number of nitrogens with zero attached hydrogens (tertiary/aromatic N) is 1. The maximum Gasteiger partial charge on any atom is 0.349 e. The summed E-state index contributed by atoms with van der Waals surface area (Å²) in [5.41, 5.74) is 2.57. The molecule has 10 heteroatoms. The first-order chi connectivity index (χ1) is 25.2. The lowest BCUT2D eigenvalue weighted by Gasteiger charge is -2.09. The van der Waals surface area contributed by atoms with Crippen molar-refractivity contribution in [2.24, 2.45) is 5.10 Å². The first kappa shape index (κ1) is 42.8. The Hall–Kier alpha value is -5.38. The van der Waals surface area contributed by atoms with Crippen LogP contribution in [-0.4, -0.2) is 40.5 Å². The molecule has 2 N–H and O–H groups in total. The fourth-order valence-corrected chi connectivity index (χ4v) is 4.67. The van der Waals surface area contributed by atoms with Gasteiger partial charge in [-0.1, -0.05) is 100 Å². The summed E-state index contributed by atoms with van der Waals surface area (Å²) in [4.78, 5) is 61.4. The normalized spacial score (nSPS) is 14.0. The van der Waals surface area contributed by atoms with E-state index in [-0.39, 0.29) is 35.4 Å². The van der Waals surface area contributed by atoms with E-state index in [1.165, 1.54) is 30.4 Å². The number of phenols is 1. The van der Waals surface area contributed by atoms with Gasteiger partial charge in [0.25, 0.3) is 0 Å². The van der Waals surface area contributed by atoms with Crippen LogP contribution in [0, 0.1) is 0 Å². The number of hydrazone groups is 1. The van der Waals surface area contributed by atoms with Crippen LogP contribution in [0.2, 0.25) is 0 Å². The van der Waals surface area contributed by atoms with Gasteiger partial charge in [0, 0.05) is 18.9 Å². The zero-order valence-electron chi connectivity index (χ0n) is 30.4. The van der Waals surface area contributed by atoms with Crippen LogP contribution in [0.1, 0.15) is 114 Å². The summed E-state index contributed by atoms with van der Waals surface area (Å²) in [6.45, 7) is 4.21. The van der Waals surface area contributed by atoms with E-state index in [4.69, 9.17) is 9.47 Å². The third-order valence-electron chi connectivity index (χ3n) is 7.52. The molecule has 0 radical (unpaired) electrons. The van der Waals surface area contributed by atoms with Crippen molar-refractivity contribution in [2.75, 3.05) is 5.43 Å². The minimum absolute atomic E-state index is 0.0459. The summed E-state index contributed by atoms with van der Waals surface area (Å²) >= 11 is 0. The van der Waals surface area contributed by atoms with Crippen molar-refractivity contribution in [3.8, 4) is 5.75 Å². The molecule has 1 aromatic rings. The quantitative estimate of drug-likeness (QED) is 0.0215. The van der Waals surface area contributed by atoms with Gasteiger partial charge in [0.05, 0.1) is 11.4 Å². The Labute approximate surface area is 307 Å². The number of nitrogens with one attached hydrogen (secondary N) is 1. The Morgan fingerprint density at radius 1 is 0.712 bits per heavy atom. The summed E-state index contributed by atoms with van der Waals surface area (Å²) < 4.78 is 9.74. The molecule has 0 atom stereocenters. The van der Waals surface area contributed by atoms with E-state index in [1.807, 2.05) is 12.2 Å². The number of rotatable bonds is 23. The maximum atomic E-state index is 12.5. The van der Waals surface area contributed by atoms with Crippen LogP contribution in [0.25, 0.3) is 0 Å². The smallest absolute Gasteiger partial charge is 0.349 e. The number of aromatic hydroxyl groups is 1. The number of esters is 4. The largest absolute Gasteiger partial charge is 0.507 e. The molecule has 0 saturated heterocycles. The summed E-state index contributed by atoms with van der Waals surface area (Å²) in [6, 6.07) is 3.92. The fraction of sp³-hybridized carbons (Fsp3) is 0.381. The molecule has 10 nitrogen and oxygen atoms in total. The SMILES string of the molecule is CC/C=C\C/C=C\C/C=C\C/C=C\C/C=C\CCCC(=O)OC(=O)c1ccc(N/N=C2\C=CC(=O)C(C(=O)OC(=O)CCCCCCC)=C2)cc1O. The number of ether oxygens (including phenoxy) is 2. The van der Waals surface area contributed by atoms with Crippen molar-refractivity contribution < 1.29 is 38.6 Å². The van der Waals surface area contributed by atoms with Gasteiger partial charge in [-0.05, 0) is 81.7 Å². The minimum Gasteiger partial charge on any atom is -0.507 e. The molecule has 0 spiro atoms. The van der Waals surface area contributed by atoms with Crippen LogP contribution in [0.5, 0.6) is 5.75 Å². The van der Waals surface area contributed by atoms with E-state index in [0.717, 1.165) is 63.9 Å². The minimum atomic E-state index is -1.05. The number of unbranched alkanes of at least 4 members (excludes halogenated alkanes) is 5. The van der Waals surface area contributed by atoms with Gasteiger partial charge in [-0.25, -0.2) is 9.59 Å². The lowest BCUT2D eigenvalue weighted by Crippen LogP contribution is -2.21. The van der Waals surface area contributed by atoms with Crippen molar-refractivity contribution in [3.63, 3.8) is 0 Å². The van der Waals surface area contributed by atoms with Crippen LogP contribution in [0.4, 0.5) is 5.69 Å². The molecule has 0 unspecified atom stereocenters. The van der Waals surface area contributed by atoms with Crippen LogP contribution in [0.3, 0.4) is 0 Å². The van der Waals surface area contributed by atoms with Crippen LogP contribution < -0.4 is 5.43 Å². The number of benzene rings is 1. The molecule has 0 aromatic heterocycles. The van der Waals surface area contributed by atoms with E-state index in [9.17, 15) is 29.1 Å².